The summed E-state index contributed by atoms with van der Waals surface area (Å²) in [7, 11) is 1.51. The van der Waals surface area contributed by atoms with Crippen molar-refractivity contribution in [2.45, 2.75) is 13.0 Å². The Kier molecular flexibility index (Phi) is 5.85. The van der Waals surface area contributed by atoms with E-state index in [4.69, 9.17) is 9.26 Å². The van der Waals surface area contributed by atoms with Crippen LogP contribution in [0.5, 0.6) is 5.75 Å². The second-order valence-corrected chi connectivity index (χ2v) is 8.33. The fraction of sp³-hybridized carbons (Fsp3) is 0.107. The van der Waals surface area contributed by atoms with Crippen LogP contribution in [0.4, 0.5) is 10.1 Å². The number of carbonyl (C=O) groups excluding carboxylic acids is 2. The zero-order valence-corrected chi connectivity index (χ0v) is 19.4. The molecule has 1 aliphatic heterocycles. The molecule has 0 bridgehead atoms. The summed E-state index contributed by atoms with van der Waals surface area (Å²) in [6, 6.07) is 19.6. The van der Waals surface area contributed by atoms with E-state index in [-0.39, 0.29) is 11.1 Å². The number of amides is 1. The lowest BCUT2D eigenvalue weighted by Crippen LogP contribution is -2.31. The SMILES string of the molecule is COc1ccc(C(=O)C2=C(O)C(=O)N(c3ccc(-c4cc(C)no4)cc3)C2c2ccc(F)cc2)cc1. The molecule has 1 aromatic heterocycles. The van der Waals surface area contributed by atoms with Gasteiger partial charge in [-0.05, 0) is 73.2 Å². The Balaban J connectivity index is 1.58. The molecular formula is C28H21FN2O5. The van der Waals surface area contributed by atoms with E-state index in [0.717, 1.165) is 11.3 Å². The quantitative estimate of drug-likeness (QED) is 0.359. The highest BCUT2D eigenvalue weighted by Gasteiger charge is 2.44. The highest BCUT2D eigenvalue weighted by atomic mass is 19.1. The fourth-order valence-corrected chi connectivity index (χ4v) is 4.25. The predicted octanol–water partition coefficient (Wildman–Crippen LogP) is 5.58. The molecule has 0 saturated carbocycles. The van der Waals surface area contributed by atoms with Gasteiger partial charge >= 0.3 is 0 Å². The van der Waals surface area contributed by atoms with Crippen molar-refractivity contribution < 1.29 is 28.3 Å². The zero-order valence-electron chi connectivity index (χ0n) is 19.4. The number of nitrogens with zero attached hydrogens (tertiary/aromatic N) is 2. The summed E-state index contributed by atoms with van der Waals surface area (Å²) in [4.78, 5) is 28.2. The number of anilines is 1. The Morgan fingerprint density at radius 2 is 1.69 bits per heavy atom. The number of hydrogen-bond donors (Lipinski definition) is 1. The van der Waals surface area contributed by atoms with Crippen LogP contribution in [0, 0.1) is 12.7 Å². The predicted molar refractivity (Wildman–Crippen MR) is 130 cm³/mol. The Hall–Kier alpha value is -4.72. The van der Waals surface area contributed by atoms with Gasteiger partial charge in [0.25, 0.3) is 5.91 Å². The Bertz CT molecular complexity index is 1470. The summed E-state index contributed by atoms with van der Waals surface area (Å²) in [6.45, 7) is 1.81. The Labute approximate surface area is 206 Å². The van der Waals surface area contributed by atoms with E-state index < -0.39 is 29.3 Å². The zero-order chi connectivity index (χ0) is 25.4. The molecule has 0 saturated heterocycles. The lowest BCUT2D eigenvalue weighted by atomic mass is 9.92. The molecule has 1 unspecified atom stereocenters. The summed E-state index contributed by atoms with van der Waals surface area (Å²) in [5.41, 5.74) is 2.58. The van der Waals surface area contributed by atoms with E-state index in [0.29, 0.717) is 22.8 Å². The fourth-order valence-electron chi connectivity index (χ4n) is 4.25. The van der Waals surface area contributed by atoms with Crippen molar-refractivity contribution in [3.63, 3.8) is 0 Å². The second kappa shape index (κ2) is 9.14. The maximum Gasteiger partial charge on any atom is 0.294 e. The van der Waals surface area contributed by atoms with Gasteiger partial charge < -0.3 is 14.4 Å². The van der Waals surface area contributed by atoms with E-state index in [2.05, 4.69) is 5.16 Å². The number of ether oxygens (including phenoxy) is 1. The molecule has 4 aromatic rings. The van der Waals surface area contributed by atoms with Gasteiger partial charge in [0.05, 0.1) is 24.4 Å². The number of aliphatic hydroxyl groups excluding tert-OH is 1. The molecule has 36 heavy (non-hydrogen) atoms. The summed E-state index contributed by atoms with van der Waals surface area (Å²) in [5, 5.41) is 14.8. The number of halogens is 1. The van der Waals surface area contributed by atoms with Gasteiger partial charge in [-0.3, -0.25) is 14.5 Å². The number of rotatable bonds is 6. The lowest BCUT2D eigenvalue weighted by Gasteiger charge is -2.27. The van der Waals surface area contributed by atoms with E-state index in [1.165, 1.54) is 36.3 Å². The number of aromatic nitrogens is 1. The third kappa shape index (κ3) is 4.02. The minimum Gasteiger partial charge on any atom is -0.503 e. The molecule has 1 amide bonds. The third-order valence-corrected chi connectivity index (χ3v) is 6.05. The van der Waals surface area contributed by atoms with Gasteiger partial charge in [-0.2, -0.15) is 0 Å². The average molecular weight is 484 g/mol. The number of ketones is 1. The molecule has 1 aliphatic rings. The first-order valence-corrected chi connectivity index (χ1v) is 11.1. The first kappa shape index (κ1) is 23.0. The molecule has 8 heteroatoms. The van der Waals surface area contributed by atoms with Crippen LogP contribution in [0.25, 0.3) is 11.3 Å². The van der Waals surface area contributed by atoms with Crippen molar-refractivity contribution in [1.82, 2.24) is 5.16 Å². The first-order valence-electron chi connectivity index (χ1n) is 11.1. The largest absolute Gasteiger partial charge is 0.503 e. The van der Waals surface area contributed by atoms with Gasteiger partial charge in [0.15, 0.2) is 17.3 Å². The van der Waals surface area contributed by atoms with Crippen molar-refractivity contribution in [2.75, 3.05) is 12.0 Å². The van der Waals surface area contributed by atoms with Gasteiger partial charge in [0, 0.05) is 22.9 Å². The molecule has 0 aliphatic carbocycles. The van der Waals surface area contributed by atoms with Gasteiger partial charge in [0.2, 0.25) is 0 Å². The first-order chi connectivity index (χ1) is 17.4. The molecular weight excluding hydrogens is 463 g/mol. The Morgan fingerprint density at radius 3 is 2.28 bits per heavy atom. The molecule has 1 atom stereocenters. The number of aliphatic hydroxyl groups is 1. The van der Waals surface area contributed by atoms with Crippen LogP contribution in [0.2, 0.25) is 0 Å². The maximum atomic E-state index is 13.7. The van der Waals surface area contributed by atoms with E-state index in [1.807, 2.05) is 6.92 Å². The number of benzene rings is 3. The van der Waals surface area contributed by atoms with E-state index in [1.54, 1.807) is 54.6 Å². The van der Waals surface area contributed by atoms with Crippen LogP contribution in [0.1, 0.15) is 27.7 Å². The van der Waals surface area contributed by atoms with Crippen LogP contribution >= 0.6 is 0 Å². The van der Waals surface area contributed by atoms with Crippen LogP contribution < -0.4 is 9.64 Å². The minimum atomic E-state index is -0.967. The molecule has 1 N–H and O–H groups in total. The molecule has 7 nitrogen and oxygen atoms in total. The molecule has 5 rings (SSSR count). The average Bonchev–Trinajstić information content (AvgIpc) is 3.45. The number of Topliss-reactive ketones (excluding diaryl/α,β-unsaturated/α-hetero) is 1. The summed E-state index contributed by atoms with van der Waals surface area (Å²) in [6.07, 6.45) is 0. The number of aryl methyl sites for hydroxylation is 1. The van der Waals surface area contributed by atoms with Crippen molar-refractivity contribution in [3.8, 4) is 17.1 Å². The second-order valence-electron chi connectivity index (χ2n) is 8.33. The highest BCUT2D eigenvalue weighted by Crippen LogP contribution is 2.42. The smallest absolute Gasteiger partial charge is 0.294 e. The topological polar surface area (TPSA) is 92.9 Å². The molecule has 2 heterocycles. The summed E-state index contributed by atoms with van der Waals surface area (Å²) >= 11 is 0. The number of carbonyl (C=O) groups is 2. The van der Waals surface area contributed by atoms with Crippen LogP contribution in [-0.4, -0.2) is 29.1 Å². The van der Waals surface area contributed by atoms with Crippen molar-refractivity contribution >= 4 is 17.4 Å². The van der Waals surface area contributed by atoms with Crippen LogP contribution in [0.15, 0.2) is 94.7 Å². The Morgan fingerprint density at radius 1 is 1.03 bits per heavy atom. The van der Waals surface area contributed by atoms with Gasteiger partial charge in [-0.25, -0.2) is 4.39 Å². The lowest BCUT2D eigenvalue weighted by molar-refractivity contribution is -0.117. The van der Waals surface area contributed by atoms with Gasteiger partial charge in [-0.15, -0.1) is 0 Å². The van der Waals surface area contributed by atoms with Gasteiger partial charge in [-0.1, -0.05) is 17.3 Å². The number of hydrogen-bond acceptors (Lipinski definition) is 6. The molecule has 0 fully saturated rings. The molecule has 180 valence electrons. The molecule has 0 spiro atoms. The van der Waals surface area contributed by atoms with E-state index in [9.17, 15) is 19.1 Å². The van der Waals surface area contributed by atoms with Crippen LogP contribution in [0.3, 0.4) is 0 Å². The monoisotopic (exact) mass is 484 g/mol. The highest BCUT2D eigenvalue weighted by molar-refractivity contribution is 6.21. The minimum absolute atomic E-state index is 0.0910. The molecule has 3 aromatic carbocycles. The number of methoxy groups -OCH3 is 1. The third-order valence-electron chi connectivity index (χ3n) is 6.05. The summed E-state index contributed by atoms with van der Waals surface area (Å²) < 4.78 is 24.2. The summed E-state index contributed by atoms with van der Waals surface area (Å²) in [5.74, 6) is -1.24. The van der Waals surface area contributed by atoms with Crippen molar-refractivity contribution in [1.29, 1.82) is 0 Å². The molecule has 0 radical (unpaired) electrons. The standard InChI is InChI=1S/C28H21FN2O5/c1-16-15-23(36-30-16)17-5-11-21(12-6-17)31-25(18-3-9-20(29)10-4-18)24(27(33)28(31)34)26(32)19-7-13-22(35-2)14-8-19/h3-15,25,33H,1-2H3. The maximum absolute atomic E-state index is 13.7. The normalized spacial score (nSPS) is 15.5. The van der Waals surface area contributed by atoms with Crippen molar-refractivity contribution in [3.05, 3.63) is 113 Å². The van der Waals surface area contributed by atoms with Crippen LogP contribution in [-0.2, 0) is 4.79 Å². The van der Waals surface area contributed by atoms with E-state index >= 15 is 0 Å². The van der Waals surface area contributed by atoms with Crippen molar-refractivity contribution in [2.24, 2.45) is 0 Å². The van der Waals surface area contributed by atoms with Gasteiger partial charge in [0.1, 0.15) is 11.6 Å².